The van der Waals surface area contributed by atoms with Gasteiger partial charge in [-0.2, -0.15) is 13.2 Å². The normalized spacial score (nSPS) is 13.4. The summed E-state index contributed by atoms with van der Waals surface area (Å²) in [6.07, 6.45) is -7.27. The molecule has 0 aliphatic rings. The van der Waals surface area contributed by atoms with Crippen molar-refractivity contribution in [1.29, 1.82) is 0 Å². The standard InChI is InChI=1S/C11H13F3O3/c1-6-8(16-2)4-7(5-9(6)17-3)10(15)11(12,13)14/h4-5,10,15H,1-3H3. The predicted octanol–water partition coefficient (Wildman–Crippen LogP) is 2.61. The Morgan fingerprint density at radius 3 is 1.82 bits per heavy atom. The summed E-state index contributed by atoms with van der Waals surface area (Å²) in [6.45, 7) is 1.65. The summed E-state index contributed by atoms with van der Waals surface area (Å²) < 4.78 is 47.0. The molecule has 1 N–H and O–H groups in total. The zero-order valence-corrected chi connectivity index (χ0v) is 9.63. The number of benzene rings is 1. The largest absolute Gasteiger partial charge is 0.496 e. The number of ether oxygens (including phenoxy) is 2. The SMILES string of the molecule is COc1cc(C(O)C(F)(F)F)cc(OC)c1C. The molecule has 0 aromatic heterocycles. The molecule has 1 aromatic rings. The molecular weight excluding hydrogens is 237 g/mol. The molecule has 0 spiro atoms. The second-order valence-corrected chi connectivity index (χ2v) is 3.49. The van der Waals surface area contributed by atoms with Gasteiger partial charge in [-0.3, -0.25) is 0 Å². The summed E-state index contributed by atoms with van der Waals surface area (Å²) in [5.74, 6) is 0.477. The van der Waals surface area contributed by atoms with E-state index >= 15 is 0 Å². The van der Waals surface area contributed by atoms with E-state index in [4.69, 9.17) is 14.6 Å². The van der Waals surface area contributed by atoms with Crippen LogP contribution in [0.5, 0.6) is 11.5 Å². The van der Waals surface area contributed by atoms with Gasteiger partial charge in [0.2, 0.25) is 0 Å². The Hall–Kier alpha value is -1.43. The maximum absolute atomic E-state index is 12.4. The van der Waals surface area contributed by atoms with Crippen LogP contribution in [0.4, 0.5) is 13.2 Å². The number of halogens is 3. The summed E-state index contributed by atoms with van der Waals surface area (Å²) in [5.41, 5.74) is 0.268. The van der Waals surface area contributed by atoms with E-state index in [-0.39, 0.29) is 17.1 Å². The Balaban J connectivity index is 3.27. The van der Waals surface area contributed by atoms with Gasteiger partial charge in [-0.1, -0.05) is 0 Å². The molecule has 6 heteroatoms. The molecule has 0 saturated heterocycles. The fourth-order valence-electron chi connectivity index (χ4n) is 1.45. The molecule has 1 atom stereocenters. The number of aliphatic hydroxyl groups excluding tert-OH is 1. The van der Waals surface area contributed by atoms with Gasteiger partial charge in [-0.25, -0.2) is 0 Å². The maximum Gasteiger partial charge on any atom is 0.418 e. The Labute approximate surface area is 96.8 Å². The maximum atomic E-state index is 12.4. The molecule has 0 fully saturated rings. The van der Waals surface area contributed by atoms with Crippen LogP contribution >= 0.6 is 0 Å². The first-order valence-corrected chi connectivity index (χ1v) is 4.78. The van der Waals surface area contributed by atoms with Gasteiger partial charge in [0.15, 0.2) is 6.10 Å². The van der Waals surface area contributed by atoms with Crippen molar-refractivity contribution >= 4 is 0 Å². The van der Waals surface area contributed by atoms with Gasteiger partial charge >= 0.3 is 6.18 Å². The summed E-state index contributed by atoms with van der Waals surface area (Å²) in [4.78, 5) is 0. The second kappa shape index (κ2) is 4.83. The zero-order valence-electron chi connectivity index (χ0n) is 9.63. The fourth-order valence-corrected chi connectivity index (χ4v) is 1.45. The van der Waals surface area contributed by atoms with Gasteiger partial charge in [0.25, 0.3) is 0 Å². The van der Waals surface area contributed by atoms with Gasteiger partial charge in [-0.15, -0.1) is 0 Å². The molecule has 96 valence electrons. The molecule has 1 rings (SSSR count). The van der Waals surface area contributed by atoms with E-state index in [9.17, 15) is 13.2 Å². The molecular formula is C11H13F3O3. The van der Waals surface area contributed by atoms with Crippen molar-refractivity contribution < 1.29 is 27.8 Å². The van der Waals surface area contributed by atoms with Crippen molar-refractivity contribution in [3.8, 4) is 11.5 Å². The molecule has 1 unspecified atom stereocenters. The van der Waals surface area contributed by atoms with Gasteiger partial charge in [0.05, 0.1) is 14.2 Å². The number of rotatable bonds is 3. The lowest BCUT2D eigenvalue weighted by Crippen LogP contribution is -2.20. The minimum atomic E-state index is -4.72. The lowest BCUT2D eigenvalue weighted by Gasteiger charge is -2.18. The molecule has 1 aromatic carbocycles. The van der Waals surface area contributed by atoms with Crippen LogP contribution < -0.4 is 9.47 Å². The Bertz CT molecular complexity index is 376. The second-order valence-electron chi connectivity index (χ2n) is 3.49. The average Bonchev–Trinajstić information content (AvgIpc) is 2.27. The van der Waals surface area contributed by atoms with Crippen LogP contribution in [0.3, 0.4) is 0 Å². The lowest BCUT2D eigenvalue weighted by molar-refractivity contribution is -0.206. The highest BCUT2D eigenvalue weighted by atomic mass is 19.4. The van der Waals surface area contributed by atoms with Crippen LogP contribution in [0.1, 0.15) is 17.2 Å². The Morgan fingerprint density at radius 1 is 1.12 bits per heavy atom. The first kappa shape index (κ1) is 13.6. The summed E-state index contributed by atoms with van der Waals surface area (Å²) >= 11 is 0. The number of hydrogen-bond donors (Lipinski definition) is 1. The minimum Gasteiger partial charge on any atom is -0.496 e. The lowest BCUT2D eigenvalue weighted by atomic mass is 10.0. The number of hydrogen-bond acceptors (Lipinski definition) is 3. The van der Waals surface area contributed by atoms with Gasteiger partial charge in [0, 0.05) is 5.56 Å². The third kappa shape index (κ3) is 2.82. The Morgan fingerprint density at radius 2 is 1.53 bits per heavy atom. The van der Waals surface area contributed by atoms with E-state index in [2.05, 4.69) is 0 Å². The third-order valence-electron chi connectivity index (χ3n) is 2.40. The highest BCUT2D eigenvalue weighted by Crippen LogP contribution is 2.38. The smallest absolute Gasteiger partial charge is 0.418 e. The van der Waals surface area contributed by atoms with E-state index < -0.39 is 12.3 Å². The molecule has 0 aliphatic heterocycles. The molecule has 3 nitrogen and oxygen atoms in total. The molecule has 0 saturated carbocycles. The van der Waals surface area contributed by atoms with Crippen molar-refractivity contribution in [2.45, 2.75) is 19.2 Å². The number of methoxy groups -OCH3 is 2. The van der Waals surface area contributed by atoms with Crippen molar-refractivity contribution in [2.24, 2.45) is 0 Å². The van der Waals surface area contributed by atoms with Crippen molar-refractivity contribution in [3.63, 3.8) is 0 Å². The quantitative estimate of drug-likeness (QED) is 0.896. The number of aliphatic hydroxyl groups is 1. The van der Waals surface area contributed by atoms with Crippen LogP contribution in [0, 0.1) is 6.92 Å². The molecule has 0 heterocycles. The van der Waals surface area contributed by atoms with Crippen LogP contribution in [0.25, 0.3) is 0 Å². The monoisotopic (exact) mass is 250 g/mol. The van der Waals surface area contributed by atoms with Gasteiger partial charge in [-0.05, 0) is 24.6 Å². The highest BCUT2D eigenvalue weighted by molar-refractivity contribution is 5.48. The van der Waals surface area contributed by atoms with E-state index in [1.807, 2.05) is 0 Å². The fraction of sp³-hybridized carbons (Fsp3) is 0.455. The first-order chi connectivity index (χ1) is 7.81. The van der Waals surface area contributed by atoms with Crippen molar-refractivity contribution in [1.82, 2.24) is 0 Å². The zero-order chi connectivity index (χ0) is 13.2. The molecule has 0 aliphatic carbocycles. The van der Waals surface area contributed by atoms with Crippen molar-refractivity contribution in [3.05, 3.63) is 23.3 Å². The van der Waals surface area contributed by atoms with Gasteiger partial charge in [0.1, 0.15) is 11.5 Å². The number of alkyl halides is 3. The van der Waals surface area contributed by atoms with E-state index in [0.717, 1.165) is 12.1 Å². The first-order valence-electron chi connectivity index (χ1n) is 4.78. The summed E-state index contributed by atoms with van der Waals surface area (Å²) in [5, 5.41) is 9.15. The van der Waals surface area contributed by atoms with Gasteiger partial charge < -0.3 is 14.6 Å². The predicted molar refractivity (Wildman–Crippen MR) is 55.3 cm³/mol. The molecule has 17 heavy (non-hydrogen) atoms. The molecule has 0 bridgehead atoms. The van der Waals surface area contributed by atoms with Crippen molar-refractivity contribution in [2.75, 3.05) is 14.2 Å². The Kier molecular flexibility index (Phi) is 3.87. The summed E-state index contributed by atoms with van der Waals surface area (Å²) in [6, 6.07) is 2.30. The van der Waals surface area contributed by atoms with Crippen LogP contribution in [-0.4, -0.2) is 25.5 Å². The van der Waals surface area contributed by atoms with E-state index in [1.165, 1.54) is 14.2 Å². The van der Waals surface area contributed by atoms with E-state index in [1.54, 1.807) is 6.92 Å². The van der Waals surface area contributed by atoms with E-state index in [0.29, 0.717) is 5.56 Å². The summed E-state index contributed by atoms with van der Waals surface area (Å²) in [7, 11) is 2.68. The molecule has 0 radical (unpaired) electrons. The van der Waals surface area contributed by atoms with Crippen LogP contribution in [0.2, 0.25) is 0 Å². The average molecular weight is 250 g/mol. The minimum absolute atomic E-state index is 0.239. The highest BCUT2D eigenvalue weighted by Gasteiger charge is 2.40. The van der Waals surface area contributed by atoms with Crippen LogP contribution in [-0.2, 0) is 0 Å². The van der Waals surface area contributed by atoms with Crippen LogP contribution in [0.15, 0.2) is 12.1 Å². The third-order valence-corrected chi connectivity index (χ3v) is 2.40. The topological polar surface area (TPSA) is 38.7 Å². The molecule has 0 amide bonds.